The van der Waals surface area contributed by atoms with Crippen molar-refractivity contribution in [1.29, 1.82) is 0 Å². The smallest absolute Gasteiger partial charge is 0.216 e. The molecule has 0 aromatic rings. The second kappa shape index (κ2) is 7.31. The summed E-state index contributed by atoms with van der Waals surface area (Å²) in [7, 11) is -3.23. The third-order valence-corrected chi connectivity index (χ3v) is 4.96. The summed E-state index contributed by atoms with van der Waals surface area (Å²) in [5.41, 5.74) is 0. The van der Waals surface area contributed by atoms with E-state index in [0.717, 1.165) is 19.3 Å². The minimum atomic E-state index is -3.23. The van der Waals surface area contributed by atoms with Crippen LogP contribution in [0.15, 0.2) is 0 Å². The molecule has 1 aliphatic rings. The van der Waals surface area contributed by atoms with Crippen LogP contribution in [0.2, 0.25) is 0 Å². The minimum Gasteiger partial charge on any atom is -0.396 e. The average Bonchev–Trinajstić information content (AvgIpc) is 2.30. The topological polar surface area (TPSA) is 66.8 Å². The van der Waals surface area contributed by atoms with E-state index in [0.29, 0.717) is 19.6 Å². The first-order valence-corrected chi connectivity index (χ1v) is 7.91. The summed E-state index contributed by atoms with van der Waals surface area (Å²) in [5, 5.41) is 8.97. The van der Waals surface area contributed by atoms with Gasteiger partial charge in [-0.3, -0.25) is 0 Å². The lowest BCUT2D eigenvalue weighted by Crippen LogP contribution is -2.45. The number of aliphatic hydroxyl groups excluding tert-OH is 1. The summed E-state index contributed by atoms with van der Waals surface area (Å²) in [5.74, 6) is 0.0444. The van der Waals surface area contributed by atoms with E-state index in [9.17, 15) is 8.42 Å². The highest BCUT2D eigenvalue weighted by molar-refractivity contribution is 7.89. The van der Waals surface area contributed by atoms with Crippen molar-refractivity contribution in [2.24, 2.45) is 0 Å². The highest BCUT2D eigenvalue weighted by Gasteiger charge is 2.31. The number of hydrogen-bond acceptors (Lipinski definition) is 4. The van der Waals surface area contributed by atoms with Gasteiger partial charge in [-0.25, -0.2) is 8.42 Å². The first kappa shape index (κ1) is 14.9. The van der Waals surface area contributed by atoms with Crippen LogP contribution in [-0.4, -0.2) is 56.0 Å². The maximum absolute atomic E-state index is 12.1. The van der Waals surface area contributed by atoms with Gasteiger partial charge in [0.1, 0.15) is 0 Å². The van der Waals surface area contributed by atoms with E-state index in [4.69, 9.17) is 9.84 Å². The van der Waals surface area contributed by atoms with Gasteiger partial charge in [-0.15, -0.1) is 0 Å². The van der Waals surface area contributed by atoms with Gasteiger partial charge in [-0.1, -0.05) is 6.42 Å². The molecule has 1 heterocycles. The van der Waals surface area contributed by atoms with Gasteiger partial charge >= 0.3 is 0 Å². The van der Waals surface area contributed by atoms with Crippen LogP contribution in [0.5, 0.6) is 0 Å². The minimum absolute atomic E-state index is 0.0274. The molecule has 1 atom stereocenters. The van der Waals surface area contributed by atoms with E-state index in [2.05, 4.69) is 0 Å². The zero-order chi connectivity index (χ0) is 12.7. The van der Waals surface area contributed by atoms with Crippen LogP contribution in [0.3, 0.4) is 0 Å². The van der Waals surface area contributed by atoms with Gasteiger partial charge < -0.3 is 9.84 Å². The van der Waals surface area contributed by atoms with Crippen LogP contribution in [0.4, 0.5) is 0 Å². The monoisotopic (exact) mass is 265 g/mol. The van der Waals surface area contributed by atoms with Crippen LogP contribution < -0.4 is 0 Å². The zero-order valence-electron chi connectivity index (χ0n) is 10.5. The van der Waals surface area contributed by atoms with Crippen molar-refractivity contribution < 1.29 is 18.3 Å². The Morgan fingerprint density at radius 3 is 2.82 bits per heavy atom. The van der Waals surface area contributed by atoms with Gasteiger partial charge in [0, 0.05) is 25.8 Å². The number of ether oxygens (including phenoxy) is 1. The molecule has 0 amide bonds. The summed E-state index contributed by atoms with van der Waals surface area (Å²) in [4.78, 5) is 0. The van der Waals surface area contributed by atoms with Gasteiger partial charge in [0.25, 0.3) is 0 Å². The molecular formula is C11H23NO4S. The quantitative estimate of drug-likeness (QED) is 0.684. The van der Waals surface area contributed by atoms with Crippen molar-refractivity contribution in [3.05, 3.63) is 0 Å². The molecule has 6 heteroatoms. The van der Waals surface area contributed by atoms with Gasteiger partial charge in [0.2, 0.25) is 10.0 Å². The van der Waals surface area contributed by atoms with Gasteiger partial charge in [-0.05, 0) is 26.2 Å². The van der Waals surface area contributed by atoms with Crippen LogP contribution in [-0.2, 0) is 14.8 Å². The highest BCUT2D eigenvalue weighted by Crippen LogP contribution is 2.22. The van der Waals surface area contributed by atoms with Crippen molar-refractivity contribution in [2.45, 2.75) is 38.6 Å². The van der Waals surface area contributed by atoms with Crippen LogP contribution >= 0.6 is 0 Å². The number of aliphatic hydroxyl groups is 1. The lowest BCUT2D eigenvalue weighted by molar-refractivity contribution is 0.159. The molecule has 17 heavy (non-hydrogen) atoms. The molecule has 0 aromatic heterocycles. The van der Waals surface area contributed by atoms with Crippen molar-refractivity contribution in [3.63, 3.8) is 0 Å². The molecule has 102 valence electrons. The van der Waals surface area contributed by atoms with Crippen molar-refractivity contribution in [3.8, 4) is 0 Å². The molecule has 0 radical (unpaired) electrons. The number of piperidine rings is 1. The maximum atomic E-state index is 12.1. The van der Waals surface area contributed by atoms with E-state index in [1.54, 1.807) is 4.31 Å². The molecule has 1 saturated heterocycles. The summed E-state index contributed by atoms with van der Waals surface area (Å²) in [6.45, 7) is 3.26. The summed E-state index contributed by atoms with van der Waals surface area (Å²) in [6, 6.07) is -0.0274. The molecule has 0 aromatic carbocycles. The second-order valence-corrected chi connectivity index (χ2v) is 6.33. The summed E-state index contributed by atoms with van der Waals surface area (Å²) >= 11 is 0. The molecule has 1 unspecified atom stereocenters. The Morgan fingerprint density at radius 2 is 2.18 bits per heavy atom. The Kier molecular flexibility index (Phi) is 6.40. The summed E-state index contributed by atoms with van der Waals surface area (Å²) in [6.07, 6.45) is 3.35. The zero-order valence-corrected chi connectivity index (χ0v) is 11.3. The van der Waals surface area contributed by atoms with E-state index in [-0.39, 0.29) is 25.0 Å². The van der Waals surface area contributed by atoms with Crippen LogP contribution in [0.1, 0.15) is 32.6 Å². The lowest BCUT2D eigenvalue weighted by Gasteiger charge is -2.34. The summed E-state index contributed by atoms with van der Waals surface area (Å²) < 4.78 is 30.9. The van der Waals surface area contributed by atoms with Gasteiger partial charge in [0.15, 0.2) is 0 Å². The number of hydrogen-bond donors (Lipinski definition) is 1. The predicted octanol–water partition coefficient (Wildman–Crippen LogP) is 0.590. The second-order valence-electron chi connectivity index (χ2n) is 4.29. The van der Waals surface area contributed by atoms with E-state index in [1.807, 2.05) is 6.92 Å². The van der Waals surface area contributed by atoms with Gasteiger partial charge in [-0.2, -0.15) is 4.31 Å². The van der Waals surface area contributed by atoms with Crippen molar-refractivity contribution in [2.75, 3.05) is 32.1 Å². The first-order valence-electron chi connectivity index (χ1n) is 6.30. The fourth-order valence-electron chi connectivity index (χ4n) is 2.20. The fraction of sp³-hybridized carbons (Fsp3) is 1.00. The van der Waals surface area contributed by atoms with Crippen LogP contribution in [0, 0.1) is 0 Å². The first-order chi connectivity index (χ1) is 8.11. The third kappa shape index (κ3) is 4.54. The molecule has 0 spiro atoms. The molecule has 1 fully saturated rings. The van der Waals surface area contributed by atoms with E-state index in [1.165, 1.54) is 0 Å². The average molecular weight is 265 g/mol. The molecule has 1 N–H and O–H groups in total. The highest BCUT2D eigenvalue weighted by atomic mass is 32.2. The van der Waals surface area contributed by atoms with Crippen molar-refractivity contribution >= 4 is 10.0 Å². The molecule has 0 saturated carbocycles. The Labute approximate surface area is 104 Å². The van der Waals surface area contributed by atoms with Gasteiger partial charge in [0.05, 0.1) is 12.4 Å². The van der Waals surface area contributed by atoms with Crippen molar-refractivity contribution in [1.82, 2.24) is 4.31 Å². The number of sulfonamides is 1. The van der Waals surface area contributed by atoms with E-state index >= 15 is 0 Å². The molecule has 0 bridgehead atoms. The molecule has 1 rings (SSSR count). The fourth-order valence-corrected chi connectivity index (χ4v) is 3.84. The van der Waals surface area contributed by atoms with Crippen LogP contribution in [0.25, 0.3) is 0 Å². The molecule has 5 nitrogen and oxygen atoms in total. The Bertz CT molecular complexity index is 303. The number of nitrogens with zero attached hydrogens (tertiary/aromatic N) is 1. The number of rotatable bonds is 7. The SMILES string of the molecule is CCOCCS(=O)(=O)N1CCCCC1CCO. The van der Waals surface area contributed by atoms with E-state index < -0.39 is 10.0 Å². The Balaban J connectivity index is 2.59. The Hall–Kier alpha value is -0.170. The molecule has 0 aliphatic carbocycles. The normalized spacial score (nSPS) is 22.8. The largest absolute Gasteiger partial charge is 0.396 e. The predicted molar refractivity (Wildman–Crippen MR) is 66.3 cm³/mol. The lowest BCUT2D eigenvalue weighted by atomic mass is 10.0. The molecular weight excluding hydrogens is 242 g/mol. The third-order valence-electron chi connectivity index (χ3n) is 3.08. The standard InChI is InChI=1S/C11H23NO4S/c1-2-16-9-10-17(14,15)12-7-4-3-5-11(12)6-8-13/h11,13H,2-10H2,1H3. The maximum Gasteiger partial charge on any atom is 0.216 e. The Morgan fingerprint density at radius 1 is 1.41 bits per heavy atom. The molecule has 1 aliphatic heterocycles.